The minimum Gasteiger partial charge on any atom is -0.497 e. The highest BCUT2D eigenvalue weighted by Gasteiger charge is 1.98. The largest absolute Gasteiger partial charge is 0.497 e. The molecular formula is C10H13ClO. The topological polar surface area (TPSA) is 9.23 Å². The fraction of sp³-hybridized carbons (Fsp3) is 0.400. The number of alkyl halides is 1. The molecule has 1 unspecified atom stereocenters. The molecule has 0 N–H and O–H groups in total. The van der Waals surface area contributed by atoms with Gasteiger partial charge in [0.2, 0.25) is 0 Å². The second-order valence-electron chi connectivity index (χ2n) is 2.83. The van der Waals surface area contributed by atoms with Gasteiger partial charge in [-0.05, 0) is 31.0 Å². The smallest absolute Gasteiger partial charge is 0.118 e. The third-order valence-corrected chi connectivity index (χ3v) is 1.83. The summed E-state index contributed by atoms with van der Waals surface area (Å²) in [6, 6.07) is 7.98. The van der Waals surface area contributed by atoms with Crippen molar-refractivity contribution in [3.8, 4) is 5.75 Å². The minimum absolute atomic E-state index is 0.193. The molecule has 1 rings (SSSR count). The van der Waals surface area contributed by atoms with Crippen LogP contribution in [0.1, 0.15) is 12.5 Å². The van der Waals surface area contributed by atoms with Gasteiger partial charge in [0.15, 0.2) is 0 Å². The molecule has 0 heterocycles. The van der Waals surface area contributed by atoms with Crippen molar-refractivity contribution in [3.63, 3.8) is 0 Å². The maximum absolute atomic E-state index is 5.85. The summed E-state index contributed by atoms with van der Waals surface area (Å²) in [4.78, 5) is 0. The van der Waals surface area contributed by atoms with Gasteiger partial charge in [-0.15, -0.1) is 11.6 Å². The van der Waals surface area contributed by atoms with Crippen molar-refractivity contribution < 1.29 is 4.74 Å². The predicted octanol–water partition coefficient (Wildman–Crippen LogP) is 2.87. The summed E-state index contributed by atoms with van der Waals surface area (Å²) >= 11 is 5.85. The normalized spacial score (nSPS) is 12.6. The Labute approximate surface area is 78.3 Å². The van der Waals surface area contributed by atoms with E-state index >= 15 is 0 Å². The Morgan fingerprint density at radius 3 is 2.33 bits per heavy atom. The van der Waals surface area contributed by atoms with Crippen LogP contribution in [0, 0.1) is 0 Å². The van der Waals surface area contributed by atoms with Crippen LogP contribution in [0.5, 0.6) is 5.75 Å². The molecule has 1 aromatic carbocycles. The third-order valence-electron chi connectivity index (χ3n) is 1.68. The lowest BCUT2D eigenvalue weighted by molar-refractivity contribution is 0.414. The van der Waals surface area contributed by atoms with Crippen LogP contribution in [0.2, 0.25) is 0 Å². The molecule has 2 heteroatoms. The number of methoxy groups -OCH3 is 1. The Morgan fingerprint density at radius 2 is 1.92 bits per heavy atom. The first-order chi connectivity index (χ1) is 5.72. The SMILES string of the molecule is COc1ccc(CC(C)Cl)cc1. The molecule has 0 aliphatic carbocycles. The van der Waals surface area contributed by atoms with Crippen LogP contribution in [-0.4, -0.2) is 12.5 Å². The van der Waals surface area contributed by atoms with Crippen LogP contribution in [0.25, 0.3) is 0 Å². The van der Waals surface area contributed by atoms with Crippen molar-refractivity contribution in [1.82, 2.24) is 0 Å². The first-order valence-electron chi connectivity index (χ1n) is 3.99. The monoisotopic (exact) mass is 184 g/mol. The van der Waals surface area contributed by atoms with E-state index in [0.29, 0.717) is 0 Å². The van der Waals surface area contributed by atoms with Crippen molar-refractivity contribution >= 4 is 11.6 Å². The van der Waals surface area contributed by atoms with Crippen LogP contribution in [0.15, 0.2) is 24.3 Å². The van der Waals surface area contributed by atoms with Crippen LogP contribution < -0.4 is 4.74 Å². The van der Waals surface area contributed by atoms with Gasteiger partial charge in [-0.1, -0.05) is 12.1 Å². The predicted molar refractivity (Wildman–Crippen MR) is 52.0 cm³/mol. The lowest BCUT2D eigenvalue weighted by Crippen LogP contribution is -1.96. The Hall–Kier alpha value is -0.690. The summed E-state index contributed by atoms with van der Waals surface area (Å²) in [6.07, 6.45) is 0.908. The van der Waals surface area contributed by atoms with E-state index in [0.717, 1.165) is 12.2 Å². The van der Waals surface area contributed by atoms with E-state index in [1.165, 1.54) is 5.56 Å². The van der Waals surface area contributed by atoms with E-state index < -0.39 is 0 Å². The Morgan fingerprint density at radius 1 is 1.33 bits per heavy atom. The summed E-state index contributed by atoms with van der Waals surface area (Å²) in [5.41, 5.74) is 1.25. The molecule has 0 fully saturated rings. The van der Waals surface area contributed by atoms with Gasteiger partial charge in [-0.3, -0.25) is 0 Å². The Bertz CT molecular complexity index is 228. The molecule has 0 radical (unpaired) electrons. The number of halogens is 1. The Balaban J connectivity index is 2.65. The zero-order chi connectivity index (χ0) is 8.97. The Kier molecular flexibility index (Phi) is 3.42. The van der Waals surface area contributed by atoms with Crippen molar-refractivity contribution in [1.29, 1.82) is 0 Å². The molecule has 0 bridgehead atoms. The average molecular weight is 185 g/mol. The van der Waals surface area contributed by atoms with E-state index in [1.54, 1.807) is 7.11 Å². The highest BCUT2D eigenvalue weighted by Crippen LogP contribution is 2.13. The first kappa shape index (κ1) is 9.40. The molecule has 0 aliphatic rings. The van der Waals surface area contributed by atoms with E-state index in [4.69, 9.17) is 16.3 Å². The average Bonchev–Trinajstić information content (AvgIpc) is 2.05. The van der Waals surface area contributed by atoms with Gasteiger partial charge >= 0.3 is 0 Å². The van der Waals surface area contributed by atoms with Crippen LogP contribution >= 0.6 is 11.6 Å². The van der Waals surface area contributed by atoms with Crippen molar-refractivity contribution in [2.45, 2.75) is 18.7 Å². The molecule has 1 aromatic rings. The van der Waals surface area contributed by atoms with Crippen LogP contribution in [-0.2, 0) is 6.42 Å². The summed E-state index contributed by atoms with van der Waals surface area (Å²) in [7, 11) is 1.67. The molecule has 0 saturated heterocycles. The molecule has 66 valence electrons. The lowest BCUT2D eigenvalue weighted by atomic mass is 10.1. The first-order valence-corrected chi connectivity index (χ1v) is 4.43. The standard InChI is InChI=1S/C10H13ClO/c1-8(11)7-9-3-5-10(12-2)6-4-9/h3-6,8H,7H2,1-2H3. The van der Waals surface area contributed by atoms with Crippen LogP contribution in [0.3, 0.4) is 0 Å². The maximum Gasteiger partial charge on any atom is 0.118 e. The number of rotatable bonds is 3. The quantitative estimate of drug-likeness (QED) is 0.657. The number of ether oxygens (including phenoxy) is 1. The number of hydrogen-bond donors (Lipinski definition) is 0. The summed E-state index contributed by atoms with van der Waals surface area (Å²) in [5, 5.41) is 0.193. The van der Waals surface area contributed by atoms with Gasteiger partial charge in [-0.25, -0.2) is 0 Å². The van der Waals surface area contributed by atoms with Gasteiger partial charge in [-0.2, -0.15) is 0 Å². The van der Waals surface area contributed by atoms with E-state index in [9.17, 15) is 0 Å². The highest BCUT2D eigenvalue weighted by atomic mass is 35.5. The second-order valence-corrected chi connectivity index (χ2v) is 3.58. The van der Waals surface area contributed by atoms with Gasteiger partial charge in [0.05, 0.1) is 7.11 Å². The van der Waals surface area contributed by atoms with Crippen molar-refractivity contribution in [3.05, 3.63) is 29.8 Å². The van der Waals surface area contributed by atoms with Gasteiger partial charge in [0.25, 0.3) is 0 Å². The minimum atomic E-state index is 0.193. The zero-order valence-electron chi connectivity index (χ0n) is 7.38. The molecule has 0 aliphatic heterocycles. The summed E-state index contributed by atoms with van der Waals surface area (Å²) in [5.74, 6) is 0.890. The summed E-state index contributed by atoms with van der Waals surface area (Å²) < 4.78 is 5.04. The van der Waals surface area contributed by atoms with Gasteiger partial charge in [0.1, 0.15) is 5.75 Å². The van der Waals surface area contributed by atoms with Crippen molar-refractivity contribution in [2.24, 2.45) is 0 Å². The van der Waals surface area contributed by atoms with Gasteiger partial charge in [0, 0.05) is 5.38 Å². The molecule has 0 amide bonds. The lowest BCUT2D eigenvalue weighted by Gasteiger charge is -2.04. The molecule has 12 heavy (non-hydrogen) atoms. The fourth-order valence-electron chi connectivity index (χ4n) is 1.09. The summed E-state index contributed by atoms with van der Waals surface area (Å²) in [6.45, 7) is 1.99. The molecule has 0 spiro atoms. The fourth-order valence-corrected chi connectivity index (χ4v) is 1.26. The number of benzene rings is 1. The van der Waals surface area contributed by atoms with E-state index in [1.807, 2.05) is 31.2 Å². The van der Waals surface area contributed by atoms with Crippen LogP contribution in [0.4, 0.5) is 0 Å². The molecule has 1 atom stereocenters. The van der Waals surface area contributed by atoms with E-state index in [-0.39, 0.29) is 5.38 Å². The molecule has 0 aromatic heterocycles. The molecule has 1 nitrogen and oxygen atoms in total. The highest BCUT2D eigenvalue weighted by molar-refractivity contribution is 6.20. The molecular weight excluding hydrogens is 172 g/mol. The van der Waals surface area contributed by atoms with E-state index in [2.05, 4.69) is 0 Å². The van der Waals surface area contributed by atoms with Gasteiger partial charge < -0.3 is 4.74 Å². The third kappa shape index (κ3) is 2.74. The zero-order valence-corrected chi connectivity index (χ0v) is 8.14. The van der Waals surface area contributed by atoms with Crippen molar-refractivity contribution in [2.75, 3.05) is 7.11 Å². The second kappa shape index (κ2) is 4.36. The number of hydrogen-bond acceptors (Lipinski definition) is 1. The molecule has 0 saturated carbocycles. The maximum atomic E-state index is 5.85.